The van der Waals surface area contributed by atoms with Crippen LogP contribution in [0.5, 0.6) is 0 Å². The zero-order valence-corrected chi connectivity index (χ0v) is 18.2. The van der Waals surface area contributed by atoms with Crippen LogP contribution in [0.25, 0.3) is 0 Å². The van der Waals surface area contributed by atoms with Gasteiger partial charge in [0.1, 0.15) is 0 Å². The lowest BCUT2D eigenvalue weighted by atomic mass is 9.96. The molecule has 0 bridgehead atoms. The summed E-state index contributed by atoms with van der Waals surface area (Å²) in [6, 6.07) is 0. The van der Waals surface area contributed by atoms with Crippen LogP contribution in [0.1, 0.15) is 38.5 Å². The number of guanidine groups is 1. The first-order valence-corrected chi connectivity index (χ1v) is 9.12. The van der Waals surface area contributed by atoms with Gasteiger partial charge in [-0.25, -0.2) is 0 Å². The maximum atomic E-state index is 11.2. The molecule has 3 N–H and O–H groups in total. The molecule has 0 radical (unpaired) electrons. The Balaban J connectivity index is 0.00000576. The summed E-state index contributed by atoms with van der Waals surface area (Å²) in [5, 5.41) is 3.43. The van der Waals surface area contributed by atoms with E-state index in [2.05, 4.69) is 33.7 Å². The van der Waals surface area contributed by atoms with E-state index < -0.39 is 0 Å². The first kappa shape index (κ1) is 24.2. The lowest BCUT2D eigenvalue weighted by Crippen LogP contribution is -2.40. The lowest BCUT2D eigenvalue weighted by molar-refractivity contribution is -0.123. The van der Waals surface area contributed by atoms with Crippen molar-refractivity contribution in [3.05, 3.63) is 12.7 Å². The van der Waals surface area contributed by atoms with Crippen molar-refractivity contribution in [3.8, 4) is 0 Å². The number of primary amides is 1. The van der Waals surface area contributed by atoms with Crippen molar-refractivity contribution >= 4 is 35.8 Å². The van der Waals surface area contributed by atoms with E-state index in [1.165, 1.54) is 0 Å². The summed E-state index contributed by atoms with van der Waals surface area (Å²) >= 11 is 0. The van der Waals surface area contributed by atoms with E-state index in [4.69, 9.17) is 5.73 Å². The number of carbonyl (C=O) groups excluding carboxylic acids is 1. The molecule has 1 fully saturated rings. The Bertz CT molecular complexity index is 408. The number of hydrogen-bond donors (Lipinski definition) is 2. The summed E-state index contributed by atoms with van der Waals surface area (Å²) in [6.45, 7) is 8.77. The third kappa shape index (κ3) is 10.0. The molecule has 1 saturated heterocycles. The number of amides is 1. The second-order valence-corrected chi connectivity index (χ2v) is 6.55. The molecule has 1 rings (SSSR count). The predicted octanol–water partition coefficient (Wildman–Crippen LogP) is 2.06. The molecule has 0 aromatic carbocycles. The van der Waals surface area contributed by atoms with E-state index in [-0.39, 0.29) is 35.8 Å². The van der Waals surface area contributed by atoms with Gasteiger partial charge in [0.25, 0.3) is 0 Å². The molecule has 0 unspecified atom stereocenters. The van der Waals surface area contributed by atoms with Crippen LogP contribution < -0.4 is 11.1 Å². The monoisotopic (exact) mass is 465 g/mol. The van der Waals surface area contributed by atoms with Crippen molar-refractivity contribution < 1.29 is 4.79 Å². The number of nitrogens with one attached hydrogen (secondary N) is 1. The molecule has 1 aliphatic rings. The number of halogens is 1. The van der Waals surface area contributed by atoms with Crippen molar-refractivity contribution in [2.24, 2.45) is 16.6 Å². The molecule has 7 heteroatoms. The lowest BCUT2D eigenvalue weighted by Gasteiger charge is -2.30. The van der Waals surface area contributed by atoms with Gasteiger partial charge in [0, 0.05) is 33.1 Å². The van der Waals surface area contributed by atoms with Gasteiger partial charge >= 0.3 is 0 Å². The minimum absolute atomic E-state index is 0. The fourth-order valence-corrected chi connectivity index (χ4v) is 3.07. The van der Waals surface area contributed by atoms with Crippen LogP contribution in [0.3, 0.4) is 0 Å². The average molecular weight is 465 g/mol. The molecule has 0 spiro atoms. The van der Waals surface area contributed by atoms with Crippen LogP contribution in [0.2, 0.25) is 0 Å². The van der Waals surface area contributed by atoms with Crippen LogP contribution in [0, 0.1) is 5.92 Å². The zero-order chi connectivity index (χ0) is 17.8. The molecule has 0 saturated carbocycles. The number of nitrogens with zero attached hydrogens (tertiary/aromatic N) is 3. The minimum atomic E-state index is -0.137. The quantitative estimate of drug-likeness (QED) is 0.170. The normalized spacial score (nSPS) is 16.2. The summed E-state index contributed by atoms with van der Waals surface area (Å²) in [7, 11) is 3.90. The van der Waals surface area contributed by atoms with Gasteiger partial charge in [-0.05, 0) is 58.2 Å². The highest BCUT2D eigenvalue weighted by molar-refractivity contribution is 14.0. The third-order valence-electron chi connectivity index (χ3n) is 4.65. The highest BCUT2D eigenvalue weighted by Gasteiger charge is 2.22. The predicted molar refractivity (Wildman–Crippen MR) is 116 cm³/mol. The summed E-state index contributed by atoms with van der Waals surface area (Å²) in [4.78, 5) is 20.1. The second kappa shape index (κ2) is 14.4. The molecular formula is C18H36IN5O. The standard InChI is InChI=1S/C18H35N5O.HI/c1-4-5-7-12-22(3)18(20-2)21-11-6-8-13-23-14-9-16(10-15-23)17(19)24;/h4,16H,1,5-15H2,2-3H3,(H2,19,24)(H,20,21);1H. The van der Waals surface area contributed by atoms with Crippen LogP contribution >= 0.6 is 24.0 Å². The van der Waals surface area contributed by atoms with Gasteiger partial charge in [-0.3, -0.25) is 9.79 Å². The van der Waals surface area contributed by atoms with E-state index >= 15 is 0 Å². The number of aliphatic imine (C=N–C) groups is 1. The van der Waals surface area contributed by atoms with E-state index in [1.807, 2.05) is 13.1 Å². The Morgan fingerprint density at radius 2 is 2.04 bits per heavy atom. The Morgan fingerprint density at radius 1 is 1.36 bits per heavy atom. The molecule has 0 aromatic rings. The first-order chi connectivity index (χ1) is 11.6. The summed E-state index contributed by atoms with van der Waals surface area (Å²) in [5.74, 6) is 0.909. The highest BCUT2D eigenvalue weighted by Crippen LogP contribution is 2.16. The average Bonchev–Trinajstić information content (AvgIpc) is 2.58. The first-order valence-electron chi connectivity index (χ1n) is 9.12. The SMILES string of the molecule is C=CCCCN(C)C(=NC)NCCCCN1CCC(C(N)=O)CC1.I. The molecular weight excluding hydrogens is 429 g/mol. The van der Waals surface area contributed by atoms with Crippen molar-refractivity contribution in [2.45, 2.75) is 38.5 Å². The number of allylic oxidation sites excluding steroid dienone is 1. The maximum Gasteiger partial charge on any atom is 0.220 e. The van der Waals surface area contributed by atoms with Crippen molar-refractivity contribution in [1.29, 1.82) is 0 Å². The van der Waals surface area contributed by atoms with Gasteiger partial charge in [-0.15, -0.1) is 30.6 Å². The fourth-order valence-electron chi connectivity index (χ4n) is 3.07. The Hall–Kier alpha value is -0.830. The zero-order valence-electron chi connectivity index (χ0n) is 15.9. The topological polar surface area (TPSA) is 74.0 Å². The molecule has 0 aromatic heterocycles. The number of nitrogens with two attached hydrogens (primary N) is 1. The number of rotatable bonds is 10. The maximum absolute atomic E-state index is 11.2. The summed E-state index contributed by atoms with van der Waals surface area (Å²) < 4.78 is 0. The number of piperidine rings is 1. The highest BCUT2D eigenvalue weighted by atomic mass is 127. The Morgan fingerprint density at radius 3 is 2.60 bits per heavy atom. The number of hydrogen-bond acceptors (Lipinski definition) is 3. The van der Waals surface area contributed by atoms with E-state index in [1.54, 1.807) is 0 Å². The van der Waals surface area contributed by atoms with Crippen molar-refractivity contribution in [1.82, 2.24) is 15.1 Å². The molecule has 1 heterocycles. The molecule has 1 amide bonds. The van der Waals surface area contributed by atoms with Crippen molar-refractivity contribution in [2.75, 3.05) is 46.8 Å². The van der Waals surface area contributed by atoms with E-state index in [9.17, 15) is 4.79 Å². The molecule has 146 valence electrons. The summed E-state index contributed by atoms with van der Waals surface area (Å²) in [5.41, 5.74) is 5.37. The smallest absolute Gasteiger partial charge is 0.220 e. The van der Waals surface area contributed by atoms with Gasteiger partial charge in [-0.1, -0.05) is 6.08 Å². The summed E-state index contributed by atoms with van der Waals surface area (Å²) in [6.07, 6.45) is 8.19. The Kier molecular flexibility index (Phi) is 13.9. The molecule has 0 aliphatic carbocycles. The van der Waals surface area contributed by atoms with Crippen LogP contribution in [0.4, 0.5) is 0 Å². The Labute approximate surface area is 170 Å². The fraction of sp³-hybridized carbons (Fsp3) is 0.778. The number of carbonyl (C=O) groups is 1. The van der Waals surface area contributed by atoms with Crippen LogP contribution in [-0.4, -0.2) is 68.5 Å². The van der Waals surface area contributed by atoms with E-state index in [0.29, 0.717) is 0 Å². The van der Waals surface area contributed by atoms with Crippen LogP contribution in [-0.2, 0) is 4.79 Å². The molecule has 6 nitrogen and oxygen atoms in total. The minimum Gasteiger partial charge on any atom is -0.369 e. The number of likely N-dealkylation sites (tertiary alicyclic amines) is 1. The van der Waals surface area contributed by atoms with Gasteiger partial charge < -0.3 is 20.9 Å². The van der Waals surface area contributed by atoms with Gasteiger partial charge in [0.15, 0.2) is 5.96 Å². The van der Waals surface area contributed by atoms with E-state index in [0.717, 1.165) is 77.2 Å². The molecule has 0 atom stereocenters. The van der Waals surface area contributed by atoms with Crippen molar-refractivity contribution in [3.63, 3.8) is 0 Å². The number of unbranched alkanes of at least 4 members (excludes halogenated alkanes) is 2. The largest absolute Gasteiger partial charge is 0.369 e. The van der Waals surface area contributed by atoms with Gasteiger partial charge in [0.2, 0.25) is 5.91 Å². The molecule has 1 aliphatic heterocycles. The van der Waals surface area contributed by atoms with Crippen LogP contribution in [0.15, 0.2) is 17.6 Å². The second-order valence-electron chi connectivity index (χ2n) is 6.55. The van der Waals surface area contributed by atoms with Gasteiger partial charge in [-0.2, -0.15) is 0 Å². The third-order valence-corrected chi connectivity index (χ3v) is 4.65. The molecule has 25 heavy (non-hydrogen) atoms. The van der Waals surface area contributed by atoms with Gasteiger partial charge in [0.05, 0.1) is 0 Å².